The highest BCUT2D eigenvalue weighted by Gasteiger charge is 2.25. The molecule has 0 radical (unpaired) electrons. The van der Waals surface area contributed by atoms with Crippen molar-refractivity contribution in [2.75, 3.05) is 20.3 Å². The Labute approximate surface area is 119 Å². The second-order valence-electron chi connectivity index (χ2n) is 4.73. The molecule has 2 unspecified atom stereocenters. The SMILES string of the molecule is CCOC(=O)C(C)NC1CCOc2ccc(OC)cc21. The summed E-state index contributed by atoms with van der Waals surface area (Å²) in [5, 5.41) is 3.30. The van der Waals surface area contributed by atoms with E-state index in [1.165, 1.54) is 0 Å². The van der Waals surface area contributed by atoms with Gasteiger partial charge in [0.15, 0.2) is 0 Å². The van der Waals surface area contributed by atoms with E-state index in [0.717, 1.165) is 23.5 Å². The number of benzene rings is 1. The molecule has 0 saturated heterocycles. The van der Waals surface area contributed by atoms with Gasteiger partial charge in [-0.05, 0) is 32.0 Å². The van der Waals surface area contributed by atoms with Gasteiger partial charge in [0, 0.05) is 18.0 Å². The third-order valence-electron chi connectivity index (χ3n) is 3.35. The van der Waals surface area contributed by atoms with Gasteiger partial charge in [0.25, 0.3) is 0 Å². The lowest BCUT2D eigenvalue weighted by Crippen LogP contribution is -2.39. The predicted octanol–water partition coefficient (Wildman–Crippen LogP) is 2.06. The monoisotopic (exact) mass is 279 g/mol. The number of carbonyl (C=O) groups is 1. The molecule has 1 N–H and O–H groups in total. The minimum Gasteiger partial charge on any atom is -0.497 e. The average molecular weight is 279 g/mol. The third kappa shape index (κ3) is 3.22. The van der Waals surface area contributed by atoms with E-state index >= 15 is 0 Å². The zero-order valence-corrected chi connectivity index (χ0v) is 12.1. The maximum absolute atomic E-state index is 11.7. The molecule has 0 amide bonds. The molecule has 5 nitrogen and oxygen atoms in total. The number of esters is 1. The standard InChI is InChI=1S/C15H21NO4/c1-4-19-15(17)10(2)16-13-7-8-20-14-6-5-11(18-3)9-12(13)14/h5-6,9-10,13,16H,4,7-8H2,1-3H3. The second-order valence-corrected chi connectivity index (χ2v) is 4.73. The van der Waals surface area contributed by atoms with Crippen LogP contribution in [0, 0.1) is 0 Å². The summed E-state index contributed by atoms with van der Waals surface area (Å²) in [6.45, 7) is 4.64. The van der Waals surface area contributed by atoms with Crippen molar-refractivity contribution in [3.8, 4) is 11.5 Å². The molecular formula is C15H21NO4. The largest absolute Gasteiger partial charge is 0.497 e. The van der Waals surface area contributed by atoms with Crippen molar-refractivity contribution in [3.05, 3.63) is 23.8 Å². The van der Waals surface area contributed by atoms with E-state index in [4.69, 9.17) is 14.2 Å². The molecule has 0 saturated carbocycles. The lowest BCUT2D eigenvalue weighted by Gasteiger charge is -2.29. The van der Waals surface area contributed by atoms with Gasteiger partial charge in [-0.15, -0.1) is 0 Å². The van der Waals surface area contributed by atoms with Crippen LogP contribution in [0.25, 0.3) is 0 Å². The Bertz CT molecular complexity index is 475. The summed E-state index contributed by atoms with van der Waals surface area (Å²) >= 11 is 0. The van der Waals surface area contributed by atoms with Gasteiger partial charge in [-0.2, -0.15) is 0 Å². The van der Waals surface area contributed by atoms with Crippen molar-refractivity contribution in [1.82, 2.24) is 5.32 Å². The topological polar surface area (TPSA) is 56.8 Å². The Hall–Kier alpha value is -1.75. The Balaban J connectivity index is 2.13. The number of nitrogens with one attached hydrogen (secondary N) is 1. The van der Waals surface area contributed by atoms with Gasteiger partial charge >= 0.3 is 5.97 Å². The van der Waals surface area contributed by atoms with Crippen LogP contribution in [0.5, 0.6) is 11.5 Å². The van der Waals surface area contributed by atoms with E-state index in [-0.39, 0.29) is 18.1 Å². The van der Waals surface area contributed by atoms with Crippen LogP contribution in [0.4, 0.5) is 0 Å². The smallest absolute Gasteiger partial charge is 0.322 e. The van der Waals surface area contributed by atoms with Crippen molar-refractivity contribution in [3.63, 3.8) is 0 Å². The van der Waals surface area contributed by atoms with Crippen LogP contribution in [0.3, 0.4) is 0 Å². The van der Waals surface area contributed by atoms with E-state index in [1.807, 2.05) is 25.1 Å². The van der Waals surface area contributed by atoms with Crippen LogP contribution >= 0.6 is 0 Å². The lowest BCUT2D eigenvalue weighted by atomic mass is 9.99. The van der Waals surface area contributed by atoms with Crippen LogP contribution in [0.2, 0.25) is 0 Å². The van der Waals surface area contributed by atoms with Gasteiger partial charge in [0.1, 0.15) is 17.5 Å². The van der Waals surface area contributed by atoms with E-state index in [9.17, 15) is 4.79 Å². The fourth-order valence-electron chi connectivity index (χ4n) is 2.31. The predicted molar refractivity (Wildman–Crippen MR) is 75.1 cm³/mol. The molecule has 0 aliphatic carbocycles. The zero-order valence-electron chi connectivity index (χ0n) is 12.1. The van der Waals surface area contributed by atoms with E-state index in [2.05, 4.69) is 5.32 Å². The van der Waals surface area contributed by atoms with Crippen LogP contribution in [0.1, 0.15) is 31.9 Å². The number of carbonyl (C=O) groups excluding carboxylic acids is 1. The maximum atomic E-state index is 11.7. The first kappa shape index (κ1) is 14.7. The van der Waals surface area contributed by atoms with Crippen LogP contribution < -0.4 is 14.8 Å². The van der Waals surface area contributed by atoms with Gasteiger partial charge in [-0.25, -0.2) is 0 Å². The molecule has 0 bridgehead atoms. The highest BCUT2D eigenvalue weighted by molar-refractivity contribution is 5.75. The molecule has 20 heavy (non-hydrogen) atoms. The van der Waals surface area contributed by atoms with Gasteiger partial charge in [0.05, 0.1) is 20.3 Å². The van der Waals surface area contributed by atoms with Gasteiger partial charge in [-0.3, -0.25) is 10.1 Å². The first-order chi connectivity index (χ1) is 9.65. The molecule has 1 aliphatic heterocycles. The molecule has 1 heterocycles. The Kier molecular flexibility index (Phi) is 4.84. The Morgan fingerprint density at radius 1 is 1.55 bits per heavy atom. The van der Waals surface area contributed by atoms with Crippen molar-refractivity contribution in [2.45, 2.75) is 32.4 Å². The molecule has 1 aromatic carbocycles. The quantitative estimate of drug-likeness (QED) is 0.836. The lowest BCUT2D eigenvalue weighted by molar-refractivity contribution is -0.145. The van der Waals surface area contributed by atoms with Crippen molar-refractivity contribution < 1.29 is 19.0 Å². The minimum atomic E-state index is -0.350. The molecule has 1 aliphatic rings. The molecule has 0 spiro atoms. The Morgan fingerprint density at radius 2 is 2.35 bits per heavy atom. The molecule has 2 atom stereocenters. The Morgan fingerprint density at radius 3 is 3.05 bits per heavy atom. The fraction of sp³-hybridized carbons (Fsp3) is 0.533. The second kappa shape index (κ2) is 6.61. The van der Waals surface area contributed by atoms with Gasteiger partial charge in [-0.1, -0.05) is 0 Å². The minimum absolute atomic E-state index is 0.0632. The van der Waals surface area contributed by atoms with E-state index in [0.29, 0.717) is 13.2 Å². The number of fused-ring (bicyclic) bond motifs is 1. The zero-order chi connectivity index (χ0) is 14.5. The van der Waals surface area contributed by atoms with E-state index in [1.54, 1.807) is 14.0 Å². The number of rotatable bonds is 5. The van der Waals surface area contributed by atoms with Crippen LogP contribution in [-0.2, 0) is 9.53 Å². The first-order valence-corrected chi connectivity index (χ1v) is 6.89. The molecule has 5 heteroatoms. The average Bonchev–Trinajstić information content (AvgIpc) is 2.47. The highest BCUT2D eigenvalue weighted by atomic mass is 16.5. The first-order valence-electron chi connectivity index (χ1n) is 6.89. The van der Waals surface area contributed by atoms with Crippen molar-refractivity contribution >= 4 is 5.97 Å². The van der Waals surface area contributed by atoms with Crippen molar-refractivity contribution in [1.29, 1.82) is 0 Å². The molecule has 0 aromatic heterocycles. The summed E-state index contributed by atoms with van der Waals surface area (Å²) in [7, 11) is 1.63. The summed E-state index contributed by atoms with van der Waals surface area (Å²) in [5.41, 5.74) is 1.02. The summed E-state index contributed by atoms with van der Waals surface area (Å²) < 4.78 is 15.9. The maximum Gasteiger partial charge on any atom is 0.322 e. The normalized spacial score (nSPS) is 18.6. The molecule has 110 valence electrons. The molecular weight excluding hydrogens is 258 g/mol. The summed E-state index contributed by atoms with van der Waals surface area (Å²) in [4.78, 5) is 11.7. The fourth-order valence-corrected chi connectivity index (χ4v) is 2.31. The number of hydrogen-bond donors (Lipinski definition) is 1. The number of ether oxygens (including phenoxy) is 3. The van der Waals surface area contributed by atoms with Gasteiger partial charge in [0.2, 0.25) is 0 Å². The summed E-state index contributed by atoms with van der Waals surface area (Å²) in [6.07, 6.45) is 0.809. The van der Waals surface area contributed by atoms with Gasteiger partial charge < -0.3 is 14.2 Å². The van der Waals surface area contributed by atoms with Crippen LogP contribution in [-0.4, -0.2) is 32.3 Å². The molecule has 2 rings (SSSR count). The molecule has 0 fully saturated rings. The van der Waals surface area contributed by atoms with Crippen molar-refractivity contribution in [2.24, 2.45) is 0 Å². The van der Waals surface area contributed by atoms with E-state index < -0.39 is 0 Å². The summed E-state index contributed by atoms with van der Waals surface area (Å²) in [6, 6.07) is 5.43. The third-order valence-corrected chi connectivity index (χ3v) is 3.35. The van der Waals surface area contributed by atoms with Crippen LogP contribution in [0.15, 0.2) is 18.2 Å². The number of methoxy groups -OCH3 is 1. The highest BCUT2D eigenvalue weighted by Crippen LogP contribution is 2.34. The number of hydrogen-bond acceptors (Lipinski definition) is 5. The molecule has 1 aromatic rings. The summed E-state index contributed by atoms with van der Waals surface area (Å²) in [5.74, 6) is 1.39.